The van der Waals surface area contributed by atoms with Crippen molar-refractivity contribution in [1.82, 2.24) is 20.2 Å². The van der Waals surface area contributed by atoms with Crippen LogP contribution in [-0.4, -0.2) is 47.0 Å². The highest BCUT2D eigenvalue weighted by Gasteiger charge is 2.25. The fraction of sp³-hybridized carbons (Fsp3) is 0.357. The van der Waals surface area contributed by atoms with Crippen LogP contribution in [0.25, 0.3) is 11.0 Å². The predicted octanol–water partition coefficient (Wildman–Crippen LogP) is 1.06. The molecule has 0 bridgehead atoms. The van der Waals surface area contributed by atoms with Crippen molar-refractivity contribution in [2.24, 2.45) is 0 Å². The molecule has 1 unspecified atom stereocenters. The van der Waals surface area contributed by atoms with E-state index in [1.807, 2.05) is 30.1 Å². The number of aromatic nitrogens is 2. The van der Waals surface area contributed by atoms with Gasteiger partial charge in [0.05, 0.1) is 11.1 Å². The molecule has 19 heavy (non-hydrogen) atoms. The number of nitrogens with zero attached hydrogens (tertiary/aromatic N) is 3. The van der Waals surface area contributed by atoms with Crippen molar-refractivity contribution in [3.8, 4) is 0 Å². The number of carbonyl (C=O) groups excluding carboxylic acids is 1. The van der Waals surface area contributed by atoms with E-state index in [1.165, 1.54) is 0 Å². The molecule has 0 spiro atoms. The molecule has 1 aromatic heterocycles. The van der Waals surface area contributed by atoms with Crippen LogP contribution in [0.15, 0.2) is 30.6 Å². The number of para-hydroxylation sites is 1. The van der Waals surface area contributed by atoms with E-state index < -0.39 is 0 Å². The number of hydrogen-bond donors (Lipinski definition) is 1. The van der Waals surface area contributed by atoms with Gasteiger partial charge in [0.1, 0.15) is 5.52 Å². The van der Waals surface area contributed by atoms with Crippen LogP contribution in [-0.2, 0) is 0 Å². The first-order chi connectivity index (χ1) is 9.27. The Morgan fingerprint density at radius 1 is 1.37 bits per heavy atom. The Kier molecular flexibility index (Phi) is 3.13. The van der Waals surface area contributed by atoms with E-state index in [0.29, 0.717) is 11.1 Å². The molecule has 2 aromatic rings. The molecule has 1 N–H and O–H groups in total. The summed E-state index contributed by atoms with van der Waals surface area (Å²) in [4.78, 5) is 22.9. The van der Waals surface area contributed by atoms with Gasteiger partial charge in [-0.3, -0.25) is 14.8 Å². The molecule has 1 aromatic carbocycles. The number of rotatable bonds is 2. The van der Waals surface area contributed by atoms with Crippen LogP contribution >= 0.6 is 0 Å². The van der Waals surface area contributed by atoms with Crippen molar-refractivity contribution in [2.45, 2.75) is 12.5 Å². The average molecular weight is 256 g/mol. The van der Waals surface area contributed by atoms with E-state index >= 15 is 0 Å². The first-order valence-electron chi connectivity index (χ1n) is 6.45. The summed E-state index contributed by atoms with van der Waals surface area (Å²) < 4.78 is 0. The number of benzene rings is 1. The van der Waals surface area contributed by atoms with E-state index in [0.717, 1.165) is 25.0 Å². The smallest absolute Gasteiger partial charge is 0.256 e. The molecule has 1 saturated heterocycles. The van der Waals surface area contributed by atoms with Crippen LogP contribution < -0.4 is 5.32 Å². The van der Waals surface area contributed by atoms with Gasteiger partial charge in [0.25, 0.3) is 5.91 Å². The molecule has 98 valence electrons. The molecular formula is C14H16N4O. The molecule has 5 nitrogen and oxygen atoms in total. The minimum atomic E-state index is 0.0137. The van der Waals surface area contributed by atoms with Crippen LogP contribution in [0.2, 0.25) is 0 Å². The van der Waals surface area contributed by atoms with Gasteiger partial charge in [-0.2, -0.15) is 0 Å². The Bertz CT molecular complexity index is 602. The third kappa shape index (κ3) is 2.17. The van der Waals surface area contributed by atoms with Gasteiger partial charge in [0.15, 0.2) is 0 Å². The fourth-order valence-corrected chi connectivity index (χ4v) is 2.49. The second-order valence-corrected chi connectivity index (χ2v) is 4.79. The lowest BCUT2D eigenvalue weighted by molar-refractivity contribution is 0.0745. The van der Waals surface area contributed by atoms with E-state index in [-0.39, 0.29) is 11.9 Å². The Morgan fingerprint density at radius 3 is 3.00 bits per heavy atom. The topological polar surface area (TPSA) is 58.1 Å². The molecule has 1 atom stereocenters. The van der Waals surface area contributed by atoms with Crippen LogP contribution in [0.4, 0.5) is 0 Å². The molecule has 1 aliphatic heterocycles. The first kappa shape index (κ1) is 12.0. The van der Waals surface area contributed by atoms with Crippen LogP contribution in [0.5, 0.6) is 0 Å². The average Bonchev–Trinajstić information content (AvgIpc) is 2.99. The van der Waals surface area contributed by atoms with Crippen LogP contribution in [0, 0.1) is 0 Å². The van der Waals surface area contributed by atoms with Crippen molar-refractivity contribution in [1.29, 1.82) is 0 Å². The maximum Gasteiger partial charge on any atom is 0.256 e. The summed E-state index contributed by atoms with van der Waals surface area (Å²) >= 11 is 0. The molecule has 2 heterocycles. The van der Waals surface area contributed by atoms with E-state index in [1.54, 1.807) is 12.4 Å². The summed E-state index contributed by atoms with van der Waals surface area (Å²) in [6.45, 7) is 1.83. The number of nitrogens with one attached hydrogen (secondary N) is 1. The van der Waals surface area contributed by atoms with Crippen molar-refractivity contribution in [3.63, 3.8) is 0 Å². The fourth-order valence-electron chi connectivity index (χ4n) is 2.49. The second-order valence-electron chi connectivity index (χ2n) is 4.79. The van der Waals surface area contributed by atoms with Crippen molar-refractivity contribution in [2.75, 3.05) is 20.1 Å². The lowest BCUT2D eigenvalue weighted by Gasteiger charge is -2.24. The van der Waals surface area contributed by atoms with Gasteiger partial charge >= 0.3 is 0 Å². The largest absolute Gasteiger partial charge is 0.337 e. The Morgan fingerprint density at radius 2 is 2.21 bits per heavy atom. The zero-order chi connectivity index (χ0) is 13.2. The maximum atomic E-state index is 12.6. The number of fused-ring (bicyclic) bond motifs is 1. The molecule has 1 fully saturated rings. The molecular weight excluding hydrogens is 240 g/mol. The highest BCUT2D eigenvalue weighted by Crippen LogP contribution is 2.17. The van der Waals surface area contributed by atoms with Crippen molar-refractivity contribution < 1.29 is 4.79 Å². The normalized spacial score (nSPS) is 18.7. The van der Waals surface area contributed by atoms with Crippen LogP contribution in [0.3, 0.4) is 0 Å². The van der Waals surface area contributed by atoms with Crippen LogP contribution in [0.1, 0.15) is 16.8 Å². The van der Waals surface area contributed by atoms with Gasteiger partial charge in [0, 0.05) is 32.0 Å². The second kappa shape index (κ2) is 4.93. The summed E-state index contributed by atoms with van der Waals surface area (Å²) in [5.41, 5.74) is 2.05. The lowest BCUT2D eigenvalue weighted by Crippen LogP contribution is -2.38. The summed E-state index contributed by atoms with van der Waals surface area (Å²) in [6.07, 6.45) is 4.26. The number of hydrogen-bond acceptors (Lipinski definition) is 4. The minimum absolute atomic E-state index is 0.0137. The molecule has 5 heteroatoms. The quantitative estimate of drug-likeness (QED) is 0.873. The molecule has 0 saturated carbocycles. The van der Waals surface area contributed by atoms with Gasteiger partial charge in [0.2, 0.25) is 0 Å². The maximum absolute atomic E-state index is 12.6. The van der Waals surface area contributed by atoms with Gasteiger partial charge in [-0.25, -0.2) is 0 Å². The zero-order valence-electron chi connectivity index (χ0n) is 10.8. The zero-order valence-corrected chi connectivity index (χ0v) is 10.8. The molecule has 1 amide bonds. The van der Waals surface area contributed by atoms with Gasteiger partial charge in [-0.15, -0.1) is 0 Å². The molecule has 0 radical (unpaired) electrons. The van der Waals surface area contributed by atoms with E-state index in [9.17, 15) is 4.79 Å². The van der Waals surface area contributed by atoms with Crippen molar-refractivity contribution in [3.05, 3.63) is 36.2 Å². The van der Waals surface area contributed by atoms with Crippen molar-refractivity contribution >= 4 is 16.9 Å². The Labute approximate surface area is 111 Å². The predicted molar refractivity (Wildman–Crippen MR) is 72.9 cm³/mol. The molecule has 0 aliphatic carbocycles. The highest BCUT2D eigenvalue weighted by molar-refractivity contribution is 6.04. The summed E-state index contributed by atoms with van der Waals surface area (Å²) in [6, 6.07) is 5.80. The first-order valence-corrected chi connectivity index (χ1v) is 6.45. The summed E-state index contributed by atoms with van der Waals surface area (Å²) in [7, 11) is 1.86. The highest BCUT2D eigenvalue weighted by atomic mass is 16.2. The van der Waals surface area contributed by atoms with Gasteiger partial charge < -0.3 is 10.2 Å². The number of carbonyl (C=O) groups is 1. The molecule has 3 rings (SSSR count). The number of amides is 1. The SMILES string of the molecule is CN(C(=O)c1cccc2nccnc12)C1CCNC1. The third-order valence-corrected chi connectivity index (χ3v) is 3.63. The Balaban J connectivity index is 1.97. The Hall–Kier alpha value is -2.01. The van der Waals surface area contributed by atoms with E-state index in [2.05, 4.69) is 15.3 Å². The number of likely N-dealkylation sites (N-methyl/N-ethyl adjacent to an activating group) is 1. The standard InChI is InChI=1S/C14H16N4O/c1-18(10-5-6-15-9-10)14(19)11-3-2-4-12-13(11)17-8-7-16-12/h2-4,7-8,10,15H,5-6,9H2,1H3. The molecule has 1 aliphatic rings. The third-order valence-electron chi connectivity index (χ3n) is 3.63. The van der Waals surface area contributed by atoms with Gasteiger partial charge in [-0.05, 0) is 25.1 Å². The summed E-state index contributed by atoms with van der Waals surface area (Å²) in [5.74, 6) is 0.0137. The van der Waals surface area contributed by atoms with Gasteiger partial charge in [-0.1, -0.05) is 6.07 Å². The van der Waals surface area contributed by atoms with E-state index in [4.69, 9.17) is 0 Å². The summed E-state index contributed by atoms with van der Waals surface area (Å²) in [5, 5.41) is 3.27. The minimum Gasteiger partial charge on any atom is -0.337 e. The monoisotopic (exact) mass is 256 g/mol. The lowest BCUT2D eigenvalue weighted by atomic mass is 10.1.